The van der Waals surface area contributed by atoms with E-state index in [1.165, 1.54) is 52.9 Å². The molecule has 16 nitrogen and oxygen atoms in total. The van der Waals surface area contributed by atoms with Crippen molar-refractivity contribution in [3.8, 4) is 0 Å². The quantitative estimate of drug-likeness (QED) is 0.0152. The standard InChI is InChI=1S/C19H36O4Si2.C18H34O4Si2.C16H30O4Si2.C15H28O4Si2/c1-5-6-7-8-12-15-25(22-2,17-18(21)16-20)23-24(3,4)19-13-10-9-11-14-19;1-5-6-7-11-14-24(21-2,16-17(20)15-19)22-23(3,4)18-12-9-8-10-13-18;1-5-6-12-22(19-2,14-15(18)13-17)20-21(3,4)16-10-8-7-9-11-16;1-5-11-21(18-2,13-14(17)12-16)19-20(3,4)15-9-7-6-8-10-15/h9-11,13-14,18,20-21H,5-8,12,15-17H2,1-4H3;8-10,12-13,17,19-20H,5-7,11,14-16H2,1-4H3;7-11,15,17-18H,5-6,12-14H2,1-4H3;6-10,14,16-17H,5,11-13H2,1-4H3. The van der Waals surface area contributed by atoms with Gasteiger partial charge in [0, 0.05) is 52.6 Å². The van der Waals surface area contributed by atoms with Crippen molar-refractivity contribution >= 4 is 88.3 Å². The third-order valence-electron chi connectivity index (χ3n) is 16.8. The largest absolute Gasteiger partial charge is 0.432 e. The van der Waals surface area contributed by atoms with Crippen LogP contribution in [-0.2, 0) is 34.2 Å². The summed E-state index contributed by atoms with van der Waals surface area (Å²) in [5, 5.41) is 81.8. The molecule has 0 saturated carbocycles. The average Bonchev–Trinajstić information content (AvgIpc) is 0.920. The van der Waals surface area contributed by atoms with Crippen molar-refractivity contribution in [1.82, 2.24) is 0 Å². The Morgan fingerprint density at radius 1 is 0.283 bits per heavy atom. The lowest BCUT2D eigenvalue weighted by atomic mass is 10.2. The van der Waals surface area contributed by atoms with Crippen LogP contribution >= 0.6 is 0 Å². The van der Waals surface area contributed by atoms with Crippen LogP contribution in [0.3, 0.4) is 0 Å². The number of aliphatic hydroxyl groups excluding tert-OH is 8. The SMILES string of the molecule is CCCCCCC[Si](CC(O)CO)(OC)O[Si](C)(C)c1ccccc1.CCCCCC[Si](CC(O)CO)(OC)O[Si](C)(C)c1ccccc1.CCCC[Si](CC(O)CO)(OC)O[Si](C)(C)c1ccccc1.CCC[Si](CC(O)CO)(OC)O[Si](C)(C)c1ccccc1. The zero-order valence-electron chi connectivity index (χ0n) is 59.7. The topological polar surface area (TPSA) is 236 Å². The molecule has 0 bridgehead atoms. The average molecular weight is 1430 g/mol. The molecular weight excluding hydrogens is 1300 g/mol. The number of benzene rings is 4. The summed E-state index contributed by atoms with van der Waals surface area (Å²) in [5.41, 5.74) is 0. The third kappa shape index (κ3) is 33.0. The molecule has 8 unspecified atom stereocenters. The van der Waals surface area contributed by atoms with Crippen molar-refractivity contribution in [2.45, 2.75) is 230 Å². The van der Waals surface area contributed by atoms with Crippen molar-refractivity contribution in [1.29, 1.82) is 0 Å². The van der Waals surface area contributed by atoms with E-state index in [1.807, 2.05) is 72.8 Å². The molecule has 0 spiro atoms. The summed E-state index contributed by atoms with van der Waals surface area (Å²) in [4.78, 5) is 0. The Kier molecular flexibility index (Phi) is 44.3. The first-order valence-electron chi connectivity index (χ1n) is 33.9. The summed E-state index contributed by atoms with van der Waals surface area (Å²) in [6, 6.07) is 46.2. The van der Waals surface area contributed by atoms with Crippen LogP contribution < -0.4 is 20.7 Å². The van der Waals surface area contributed by atoms with Crippen LogP contribution in [0.1, 0.15) is 105 Å². The second-order valence-corrected chi connectivity index (χ2v) is 56.6. The van der Waals surface area contributed by atoms with Crippen LogP contribution in [0.25, 0.3) is 0 Å². The van der Waals surface area contributed by atoms with Gasteiger partial charge in [-0.1, -0.05) is 226 Å². The second kappa shape index (κ2) is 46.3. The van der Waals surface area contributed by atoms with Crippen molar-refractivity contribution < 1.29 is 75.0 Å². The molecule has 4 aromatic carbocycles. The van der Waals surface area contributed by atoms with E-state index in [1.54, 1.807) is 28.4 Å². The predicted octanol–water partition coefficient (Wildman–Crippen LogP) is 11.0. The van der Waals surface area contributed by atoms with E-state index >= 15 is 0 Å². The molecule has 0 heterocycles. The summed E-state index contributed by atoms with van der Waals surface area (Å²) in [6.45, 7) is 25.0. The van der Waals surface area contributed by atoms with Gasteiger partial charge in [-0.25, -0.2) is 0 Å². The molecular formula is C68H128O16Si8. The van der Waals surface area contributed by atoms with Crippen LogP contribution in [0.5, 0.6) is 0 Å². The summed E-state index contributed by atoms with van der Waals surface area (Å²) in [5.74, 6) is 0. The molecule has 0 aromatic heterocycles. The van der Waals surface area contributed by atoms with E-state index in [-0.39, 0.29) is 26.4 Å². The van der Waals surface area contributed by atoms with Crippen LogP contribution in [0.4, 0.5) is 0 Å². The van der Waals surface area contributed by atoms with E-state index in [0.717, 1.165) is 69.1 Å². The van der Waals surface area contributed by atoms with Gasteiger partial charge in [-0.3, -0.25) is 0 Å². The highest BCUT2D eigenvalue weighted by atomic mass is 28.5. The minimum absolute atomic E-state index is 0.245. The maximum atomic E-state index is 10.1. The summed E-state index contributed by atoms with van der Waals surface area (Å²) in [7, 11) is -12.0. The van der Waals surface area contributed by atoms with Gasteiger partial charge in [0.15, 0.2) is 0 Å². The maximum absolute atomic E-state index is 10.1. The van der Waals surface area contributed by atoms with Gasteiger partial charge < -0.3 is 75.0 Å². The van der Waals surface area contributed by atoms with Crippen molar-refractivity contribution in [3.05, 3.63) is 121 Å². The van der Waals surface area contributed by atoms with Gasteiger partial charge in [-0.15, -0.1) is 0 Å². The smallest absolute Gasteiger partial charge is 0.330 e. The van der Waals surface area contributed by atoms with Crippen molar-refractivity contribution in [3.63, 3.8) is 0 Å². The molecule has 8 atom stereocenters. The van der Waals surface area contributed by atoms with E-state index in [4.69, 9.17) is 39.3 Å². The van der Waals surface area contributed by atoms with Gasteiger partial charge >= 0.3 is 34.2 Å². The number of unbranched alkanes of at least 4 members (excludes halogenated alkanes) is 8. The van der Waals surface area contributed by atoms with Gasteiger partial charge in [-0.2, -0.15) is 0 Å². The first kappa shape index (κ1) is 88.0. The molecule has 528 valence electrons. The van der Waals surface area contributed by atoms with Crippen LogP contribution in [0, 0.1) is 0 Å². The number of rotatable bonds is 44. The highest BCUT2D eigenvalue weighted by molar-refractivity contribution is 6.93. The normalized spacial score (nSPS) is 16.1. The summed E-state index contributed by atoms with van der Waals surface area (Å²) in [6.07, 6.45) is 10.4. The Hall–Kier alpha value is -2.02. The molecule has 0 saturated heterocycles. The Labute approximate surface area is 565 Å². The second-order valence-electron chi connectivity index (χ2n) is 26.4. The maximum Gasteiger partial charge on any atom is 0.330 e. The van der Waals surface area contributed by atoms with Crippen molar-refractivity contribution in [2.75, 3.05) is 54.9 Å². The molecule has 0 aliphatic rings. The van der Waals surface area contributed by atoms with E-state index in [0.29, 0.717) is 24.2 Å². The van der Waals surface area contributed by atoms with E-state index in [9.17, 15) is 35.7 Å². The lowest BCUT2D eigenvalue weighted by molar-refractivity contribution is 0.0997. The molecule has 0 amide bonds. The fourth-order valence-electron chi connectivity index (χ4n) is 11.5. The Morgan fingerprint density at radius 2 is 0.489 bits per heavy atom. The molecule has 0 fully saturated rings. The molecule has 8 N–H and O–H groups in total. The molecule has 0 aliphatic heterocycles. The predicted molar refractivity (Wildman–Crippen MR) is 399 cm³/mol. The molecule has 4 aromatic rings. The minimum Gasteiger partial charge on any atom is -0.432 e. The number of aliphatic hydroxyl groups is 8. The minimum atomic E-state index is -2.58. The molecule has 4 rings (SSSR count). The lowest BCUT2D eigenvalue weighted by Gasteiger charge is -2.38. The third-order valence-corrected chi connectivity index (χ3v) is 49.7. The first-order chi connectivity index (χ1) is 43.6. The van der Waals surface area contributed by atoms with Gasteiger partial charge in [0.25, 0.3) is 0 Å². The van der Waals surface area contributed by atoms with Crippen LogP contribution in [0.2, 0.25) is 101 Å². The van der Waals surface area contributed by atoms with Gasteiger partial charge in [-0.05, 0) is 97.3 Å². The molecule has 92 heavy (non-hydrogen) atoms. The van der Waals surface area contributed by atoms with E-state index in [2.05, 4.69) is 129 Å². The van der Waals surface area contributed by atoms with Gasteiger partial charge in [0.1, 0.15) is 0 Å². The number of hydrogen-bond acceptors (Lipinski definition) is 16. The summed E-state index contributed by atoms with van der Waals surface area (Å²) < 4.78 is 50.1. The molecule has 24 heteroatoms. The fourth-order valence-corrected chi connectivity index (χ4v) is 45.4. The fraction of sp³-hybridized carbons (Fsp3) is 0.647. The Balaban J connectivity index is 0.000000615. The molecule has 0 radical (unpaired) electrons. The highest BCUT2D eigenvalue weighted by Crippen LogP contribution is 2.32. The van der Waals surface area contributed by atoms with Crippen LogP contribution in [0.15, 0.2) is 121 Å². The van der Waals surface area contributed by atoms with Gasteiger partial charge in [0.2, 0.25) is 33.3 Å². The Bertz CT molecular complexity index is 2430. The zero-order valence-corrected chi connectivity index (χ0v) is 67.7. The number of hydrogen-bond donors (Lipinski definition) is 8. The highest BCUT2D eigenvalue weighted by Gasteiger charge is 2.48. The lowest BCUT2D eigenvalue weighted by Crippen LogP contribution is -2.57. The zero-order chi connectivity index (χ0) is 69.4. The monoisotopic (exact) mass is 1420 g/mol. The van der Waals surface area contributed by atoms with Crippen molar-refractivity contribution in [2.24, 2.45) is 0 Å². The summed E-state index contributed by atoms with van der Waals surface area (Å²) >= 11 is 0. The Morgan fingerprint density at radius 3 is 0.696 bits per heavy atom. The van der Waals surface area contributed by atoms with Gasteiger partial charge in [0.05, 0.1) is 50.8 Å². The molecule has 0 aliphatic carbocycles. The van der Waals surface area contributed by atoms with Crippen LogP contribution in [-0.4, -0.2) is 188 Å². The first-order valence-corrected chi connectivity index (χ1v) is 54.5. The van der Waals surface area contributed by atoms with E-state index < -0.39 is 91.9 Å².